The highest BCUT2D eigenvalue weighted by molar-refractivity contribution is 5.88. The summed E-state index contributed by atoms with van der Waals surface area (Å²) in [4.78, 5) is 29.0. The molecule has 0 radical (unpaired) electrons. The van der Waals surface area contributed by atoms with E-state index in [2.05, 4.69) is 4.98 Å². The SMILES string of the molecule is CCN(CC(=O)N(C)C)c1cc2[nH]c(=O)oc2cc1N. The van der Waals surface area contributed by atoms with Gasteiger partial charge in [0.25, 0.3) is 0 Å². The summed E-state index contributed by atoms with van der Waals surface area (Å²) in [5.74, 6) is -0.545. The van der Waals surface area contributed by atoms with Crippen LogP contribution in [-0.4, -0.2) is 43.0 Å². The molecule has 0 saturated heterocycles. The van der Waals surface area contributed by atoms with E-state index in [4.69, 9.17) is 10.2 Å². The predicted octanol–water partition coefficient (Wildman–Crippen LogP) is 0.618. The number of nitrogen functional groups attached to an aromatic ring is 1. The number of fused-ring (bicyclic) bond motifs is 1. The number of rotatable bonds is 4. The number of anilines is 2. The normalized spacial score (nSPS) is 10.8. The molecule has 0 fully saturated rings. The fourth-order valence-electron chi connectivity index (χ4n) is 1.95. The van der Waals surface area contributed by atoms with E-state index in [0.717, 1.165) is 0 Å². The van der Waals surface area contributed by atoms with Crippen molar-refractivity contribution in [1.29, 1.82) is 0 Å². The Kier molecular flexibility index (Phi) is 3.69. The molecule has 0 aliphatic heterocycles. The standard InChI is InChI=1S/C13H18N4O3/c1-4-17(7-12(18)16(2)3)10-6-9-11(5-8(10)14)20-13(19)15-9/h5-6H,4,7,14H2,1-3H3,(H,15,19). The third kappa shape index (κ3) is 2.61. The van der Waals surface area contributed by atoms with Gasteiger partial charge in [0.15, 0.2) is 5.58 Å². The number of nitrogens with two attached hydrogens (primary N) is 1. The number of hydrogen-bond donors (Lipinski definition) is 2. The van der Waals surface area contributed by atoms with Gasteiger partial charge in [-0.1, -0.05) is 0 Å². The Balaban J connectivity index is 2.40. The number of likely N-dealkylation sites (N-methyl/N-ethyl adjacent to an activating group) is 2. The van der Waals surface area contributed by atoms with Crippen molar-refractivity contribution in [2.75, 3.05) is 37.8 Å². The summed E-state index contributed by atoms with van der Waals surface area (Å²) in [6.07, 6.45) is 0. The number of hydrogen-bond acceptors (Lipinski definition) is 5. The monoisotopic (exact) mass is 278 g/mol. The quantitative estimate of drug-likeness (QED) is 0.799. The van der Waals surface area contributed by atoms with Crippen LogP contribution in [0.3, 0.4) is 0 Å². The van der Waals surface area contributed by atoms with Gasteiger partial charge in [0, 0.05) is 26.7 Å². The highest BCUT2D eigenvalue weighted by Crippen LogP contribution is 2.27. The first-order valence-corrected chi connectivity index (χ1v) is 6.29. The van der Waals surface area contributed by atoms with E-state index in [0.29, 0.717) is 29.0 Å². The highest BCUT2D eigenvalue weighted by atomic mass is 16.4. The molecule has 0 aliphatic carbocycles. The Labute approximate surface area is 115 Å². The molecule has 1 amide bonds. The third-order valence-electron chi connectivity index (χ3n) is 3.12. The molecule has 0 spiro atoms. The molecular formula is C13H18N4O3. The second-order valence-electron chi connectivity index (χ2n) is 4.72. The average molecular weight is 278 g/mol. The van der Waals surface area contributed by atoms with Crippen LogP contribution in [0.15, 0.2) is 21.3 Å². The maximum Gasteiger partial charge on any atom is 0.417 e. The summed E-state index contributed by atoms with van der Waals surface area (Å²) in [7, 11) is 3.41. The molecule has 0 aliphatic rings. The highest BCUT2D eigenvalue weighted by Gasteiger charge is 2.16. The summed E-state index contributed by atoms with van der Waals surface area (Å²) in [6, 6.07) is 3.31. The van der Waals surface area contributed by atoms with Gasteiger partial charge < -0.3 is 20.0 Å². The lowest BCUT2D eigenvalue weighted by Gasteiger charge is -2.25. The third-order valence-corrected chi connectivity index (χ3v) is 3.12. The molecule has 2 rings (SSSR count). The summed E-state index contributed by atoms with van der Waals surface area (Å²) < 4.78 is 4.95. The molecule has 3 N–H and O–H groups in total. The zero-order valence-corrected chi connectivity index (χ0v) is 11.8. The minimum atomic E-state index is -0.524. The minimum Gasteiger partial charge on any atom is -0.408 e. The van der Waals surface area contributed by atoms with Gasteiger partial charge in [0.2, 0.25) is 5.91 Å². The van der Waals surface area contributed by atoms with E-state index >= 15 is 0 Å². The number of oxazole rings is 1. The number of amides is 1. The van der Waals surface area contributed by atoms with Gasteiger partial charge in [0.1, 0.15) is 0 Å². The summed E-state index contributed by atoms with van der Waals surface area (Å²) >= 11 is 0. The Hall–Kier alpha value is -2.44. The first-order valence-electron chi connectivity index (χ1n) is 6.29. The fourth-order valence-corrected chi connectivity index (χ4v) is 1.95. The van der Waals surface area contributed by atoms with Gasteiger partial charge in [-0.15, -0.1) is 0 Å². The van der Waals surface area contributed by atoms with Gasteiger partial charge in [-0.2, -0.15) is 0 Å². The van der Waals surface area contributed by atoms with Crippen molar-refractivity contribution in [2.45, 2.75) is 6.92 Å². The van der Waals surface area contributed by atoms with Crippen LogP contribution in [0.1, 0.15) is 6.92 Å². The smallest absolute Gasteiger partial charge is 0.408 e. The molecular weight excluding hydrogens is 260 g/mol. The van der Waals surface area contributed by atoms with Gasteiger partial charge >= 0.3 is 5.76 Å². The number of aromatic amines is 1. The van der Waals surface area contributed by atoms with Crippen molar-refractivity contribution in [1.82, 2.24) is 9.88 Å². The first-order chi connectivity index (χ1) is 9.42. The number of H-pyrrole nitrogens is 1. The lowest BCUT2D eigenvalue weighted by atomic mass is 10.2. The molecule has 0 bridgehead atoms. The molecule has 108 valence electrons. The lowest BCUT2D eigenvalue weighted by Crippen LogP contribution is -2.36. The predicted molar refractivity (Wildman–Crippen MR) is 77.8 cm³/mol. The topological polar surface area (TPSA) is 95.6 Å². The van der Waals surface area contributed by atoms with Crippen LogP contribution >= 0.6 is 0 Å². The van der Waals surface area contributed by atoms with E-state index in [1.165, 1.54) is 4.90 Å². The van der Waals surface area contributed by atoms with Crippen molar-refractivity contribution in [3.8, 4) is 0 Å². The molecule has 1 aromatic carbocycles. The number of benzene rings is 1. The van der Waals surface area contributed by atoms with Gasteiger partial charge in [-0.25, -0.2) is 4.79 Å². The van der Waals surface area contributed by atoms with Crippen LogP contribution in [0, 0.1) is 0 Å². The van der Waals surface area contributed by atoms with Gasteiger partial charge in [-0.3, -0.25) is 9.78 Å². The molecule has 0 atom stereocenters. The van der Waals surface area contributed by atoms with Crippen molar-refractivity contribution in [3.05, 3.63) is 22.7 Å². The molecule has 1 aromatic heterocycles. The number of carbonyl (C=O) groups is 1. The van der Waals surface area contributed by atoms with E-state index in [-0.39, 0.29) is 12.5 Å². The molecule has 1 heterocycles. The van der Waals surface area contributed by atoms with Crippen LogP contribution in [-0.2, 0) is 4.79 Å². The van der Waals surface area contributed by atoms with Crippen LogP contribution in [0.25, 0.3) is 11.1 Å². The van der Waals surface area contributed by atoms with E-state index < -0.39 is 5.76 Å². The van der Waals surface area contributed by atoms with Crippen LogP contribution in [0.5, 0.6) is 0 Å². The Morgan fingerprint density at radius 3 is 2.70 bits per heavy atom. The summed E-state index contributed by atoms with van der Waals surface area (Å²) in [5.41, 5.74) is 8.12. The maximum absolute atomic E-state index is 11.8. The molecule has 2 aromatic rings. The second-order valence-corrected chi connectivity index (χ2v) is 4.72. The average Bonchev–Trinajstić information content (AvgIpc) is 2.73. The van der Waals surface area contributed by atoms with Crippen molar-refractivity contribution < 1.29 is 9.21 Å². The van der Waals surface area contributed by atoms with Gasteiger partial charge in [-0.05, 0) is 13.0 Å². The number of carbonyl (C=O) groups excluding carboxylic acids is 1. The number of nitrogens with zero attached hydrogens (tertiary/aromatic N) is 2. The Morgan fingerprint density at radius 1 is 1.40 bits per heavy atom. The number of aromatic nitrogens is 1. The second kappa shape index (κ2) is 5.28. The molecule has 20 heavy (non-hydrogen) atoms. The first kappa shape index (κ1) is 14.0. The maximum atomic E-state index is 11.8. The van der Waals surface area contributed by atoms with E-state index in [9.17, 15) is 9.59 Å². The summed E-state index contributed by atoms with van der Waals surface area (Å²) in [5, 5.41) is 0. The van der Waals surface area contributed by atoms with Crippen LogP contribution < -0.4 is 16.4 Å². The molecule has 7 heteroatoms. The van der Waals surface area contributed by atoms with Crippen molar-refractivity contribution >= 4 is 28.4 Å². The zero-order valence-electron chi connectivity index (χ0n) is 11.8. The minimum absolute atomic E-state index is 0.0213. The molecule has 7 nitrogen and oxygen atoms in total. The number of nitrogens with one attached hydrogen (secondary N) is 1. The van der Waals surface area contributed by atoms with E-state index in [1.54, 1.807) is 26.2 Å². The largest absolute Gasteiger partial charge is 0.417 e. The molecule has 0 unspecified atom stereocenters. The zero-order chi connectivity index (χ0) is 14.9. The summed E-state index contributed by atoms with van der Waals surface area (Å²) in [6.45, 7) is 2.78. The van der Waals surface area contributed by atoms with Crippen LogP contribution in [0.2, 0.25) is 0 Å². The van der Waals surface area contributed by atoms with Crippen molar-refractivity contribution in [3.63, 3.8) is 0 Å². The van der Waals surface area contributed by atoms with Gasteiger partial charge in [0.05, 0.1) is 23.4 Å². The van der Waals surface area contributed by atoms with Crippen LogP contribution in [0.4, 0.5) is 11.4 Å². The molecule has 0 saturated carbocycles. The van der Waals surface area contributed by atoms with E-state index in [1.807, 2.05) is 11.8 Å². The lowest BCUT2D eigenvalue weighted by molar-refractivity contribution is -0.127. The van der Waals surface area contributed by atoms with Crippen molar-refractivity contribution in [2.24, 2.45) is 0 Å². The Morgan fingerprint density at radius 2 is 2.10 bits per heavy atom. The fraction of sp³-hybridized carbons (Fsp3) is 0.385. The Bertz CT molecular complexity index is 686.